The molecule has 28 heavy (non-hydrogen) atoms. The summed E-state index contributed by atoms with van der Waals surface area (Å²) in [4.78, 5) is 8.80. The molecule has 1 aromatic carbocycles. The minimum atomic E-state index is 0.549. The highest BCUT2D eigenvalue weighted by molar-refractivity contribution is 7.09. The van der Waals surface area contributed by atoms with Gasteiger partial charge in [0, 0.05) is 49.8 Å². The predicted molar refractivity (Wildman–Crippen MR) is 117 cm³/mol. The number of ether oxygens (including phenoxy) is 2. The van der Waals surface area contributed by atoms with Gasteiger partial charge in [-0.05, 0) is 38.8 Å². The second-order valence-electron chi connectivity index (χ2n) is 6.50. The van der Waals surface area contributed by atoms with Crippen molar-refractivity contribution in [2.45, 2.75) is 40.2 Å². The number of aliphatic imine (C=N–C) groups is 1. The Labute approximate surface area is 172 Å². The molecule has 0 amide bonds. The van der Waals surface area contributed by atoms with Crippen molar-refractivity contribution in [1.82, 2.24) is 15.6 Å². The largest absolute Gasteiger partial charge is 0.491 e. The lowest BCUT2D eigenvalue weighted by Crippen LogP contribution is -2.37. The van der Waals surface area contributed by atoms with E-state index >= 15 is 0 Å². The monoisotopic (exact) mass is 404 g/mol. The third-order valence-corrected chi connectivity index (χ3v) is 5.13. The molecule has 1 aromatic heterocycles. The quantitative estimate of drug-likeness (QED) is 0.341. The van der Waals surface area contributed by atoms with Crippen molar-refractivity contribution in [3.63, 3.8) is 0 Å². The highest BCUT2D eigenvalue weighted by Gasteiger charge is 2.06. The Morgan fingerprint density at radius 3 is 2.79 bits per heavy atom. The molecule has 0 aliphatic rings. The lowest BCUT2D eigenvalue weighted by molar-refractivity contribution is 0.110. The van der Waals surface area contributed by atoms with Gasteiger partial charge >= 0.3 is 0 Å². The van der Waals surface area contributed by atoms with Gasteiger partial charge in [-0.3, -0.25) is 4.99 Å². The van der Waals surface area contributed by atoms with Gasteiger partial charge in [0.05, 0.1) is 11.6 Å². The van der Waals surface area contributed by atoms with E-state index in [9.17, 15) is 0 Å². The standard InChI is InChI=1S/C21H32N4O2S/c1-5-26-11-12-27-19-13-16(2)8-9-18(19)14-24-21(22-4)23-10-6-7-20-25-17(3)15-28-20/h8-9,13,15H,5-7,10-12,14H2,1-4H3,(H2,22,23,24). The molecule has 0 saturated heterocycles. The number of hydrogen-bond acceptors (Lipinski definition) is 5. The van der Waals surface area contributed by atoms with E-state index < -0.39 is 0 Å². The second-order valence-corrected chi connectivity index (χ2v) is 7.44. The minimum Gasteiger partial charge on any atom is -0.491 e. The zero-order chi connectivity index (χ0) is 20.2. The molecule has 0 spiro atoms. The van der Waals surface area contributed by atoms with Crippen LogP contribution in [0.3, 0.4) is 0 Å². The van der Waals surface area contributed by atoms with Crippen LogP contribution in [0.25, 0.3) is 0 Å². The molecule has 1 heterocycles. The number of benzene rings is 1. The summed E-state index contributed by atoms with van der Waals surface area (Å²) in [6, 6.07) is 6.25. The van der Waals surface area contributed by atoms with Crippen molar-refractivity contribution >= 4 is 17.3 Å². The van der Waals surface area contributed by atoms with Crippen LogP contribution in [0.2, 0.25) is 0 Å². The van der Waals surface area contributed by atoms with Gasteiger partial charge in [-0.15, -0.1) is 11.3 Å². The summed E-state index contributed by atoms with van der Waals surface area (Å²) < 4.78 is 11.3. The summed E-state index contributed by atoms with van der Waals surface area (Å²) in [5, 5.41) is 10.0. The maximum Gasteiger partial charge on any atom is 0.191 e. The molecule has 0 aliphatic carbocycles. The summed E-state index contributed by atoms with van der Waals surface area (Å²) in [5.74, 6) is 1.68. The van der Waals surface area contributed by atoms with Gasteiger partial charge in [0.15, 0.2) is 5.96 Å². The van der Waals surface area contributed by atoms with Gasteiger partial charge in [-0.25, -0.2) is 4.98 Å². The van der Waals surface area contributed by atoms with Gasteiger partial charge in [-0.1, -0.05) is 12.1 Å². The molecular formula is C21H32N4O2S. The Morgan fingerprint density at radius 2 is 2.07 bits per heavy atom. The summed E-state index contributed by atoms with van der Waals surface area (Å²) >= 11 is 1.73. The minimum absolute atomic E-state index is 0.549. The van der Waals surface area contributed by atoms with E-state index in [1.165, 1.54) is 10.6 Å². The lowest BCUT2D eigenvalue weighted by atomic mass is 10.1. The highest BCUT2D eigenvalue weighted by atomic mass is 32.1. The van der Waals surface area contributed by atoms with Crippen molar-refractivity contribution in [2.24, 2.45) is 4.99 Å². The van der Waals surface area contributed by atoms with E-state index in [1.54, 1.807) is 18.4 Å². The van der Waals surface area contributed by atoms with Gasteiger partial charge in [-0.2, -0.15) is 0 Å². The molecule has 154 valence electrons. The molecule has 0 saturated carbocycles. The van der Waals surface area contributed by atoms with E-state index in [2.05, 4.69) is 51.1 Å². The van der Waals surface area contributed by atoms with Crippen molar-refractivity contribution in [3.8, 4) is 5.75 Å². The van der Waals surface area contributed by atoms with Crippen LogP contribution in [0.4, 0.5) is 0 Å². The molecule has 0 bridgehead atoms. The van der Waals surface area contributed by atoms with Crippen LogP contribution in [0.15, 0.2) is 28.6 Å². The summed E-state index contributed by atoms with van der Waals surface area (Å²) in [6.07, 6.45) is 2.00. The van der Waals surface area contributed by atoms with E-state index in [4.69, 9.17) is 9.47 Å². The first-order valence-corrected chi connectivity index (χ1v) is 10.7. The normalized spacial score (nSPS) is 11.5. The number of thiazole rings is 1. The maximum atomic E-state index is 5.90. The molecule has 0 unspecified atom stereocenters. The molecular weight excluding hydrogens is 372 g/mol. The first-order valence-electron chi connectivity index (χ1n) is 9.78. The van der Waals surface area contributed by atoms with Gasteiger partial charge in [0.25, 0.3) is 0 Å². The van der Waals surface area contributed by atoms with Gasteiger partial charge in [0.1, 0.15) is 12.4 Å². The number of aryl methyl sites for hydroxylation is 3. The zero-order valence-corrected chi connectivity index (χ0v) is 18.2. The van der Waals surface area contributed by atoms with Crippen LogP contribution in [0.5, 0.6) is 5.75 Å². The molecule has 0 aliphatic heterocycles. The highest BCUT2D eigenvalue weighted by Crippen LogP contribution is 2.20. The third kappa shape index (κ3) is 7.86. The van der Waals surface area contributed by atoms with E-state index in [0.29, 0.717) is 26.4 Å². The van der Waals surface area contributed by atoms with E-state index in [1.807, 2.05) is 13.8 Å². The van der Waals surface area contributed by atoms with Gasteiger partial charge in [0.2, 0.25) is 0 Å². The molecule has 0 atom stereocenters. The fraction of sp³-hybridized carbons (Fsp3) is 0.524. The van der Waals surface area contributed by atoms with Crippen LogP contribution in [0.1, 0.15) is 35.2 Å². The first-order chi connectivity index (χ1) is 13.6. The summed E-state index contributed by atoms with van der Waals surface area (Å²) in [6.45, 7) is 9.43. The Hall–Kier alpha value is -2.12. The molecule has 7 heteroatoms. The Bertz CT molecular complexity index is 746. The molecule has 2 aromatic rings. The van der Waals surface area contributed by atoms with Gasteiger partial charge < -0.3 is 20.1 Å². The zero-order valence-electron chi connectivity index (χ0n) is 17.4. The SMILES string of the molecule is CCOCCOc1cc(C)ccc1CNC(=NC)NCCCc1nc(C)cs1. The fourth-order valence-electron chi connectivity index (χ4n) is 2.66. The van der Waals surface area contributed by atoms with Crippen molar-refractivity contribution in [2.75, 3.05) is 33.4 Å². The fourth-order valence-corrected chi connectivity index (χ4v) is 3.48. The predicted octanol–water partition coefficient (Wildman–Crippen LogP) is 3.47. The Morgan fingerprint density at radius 1 is 1.21 bits per heavy atom. The number of rotatable bonds is 11. The number of guanidine groups is 1. The first kappa shape index (κ1) is 22.2. The van der Waals surface area contributed by atoms with Crippen molar-refractivity contribution in [3.05, 3.63) is 45.4 Å². The molecule has 2 rings (SSSR count). The van der Waals surface area contributed by atoms with Crippen LogP contribution >= 0.6 is 11.3 Å². The Balaban J connectivity index is 1.78. The summed E-state index contributed by atoms with van der Waals surface area (Å²) in [5.41, 5.74) is 3.38. The number of aromatic nitrogens is 1. The molecule has 0 radical (unpaired) electrons. The van der Waals surface area contributed by atoms with Crippen LogP contribution in [-0.2, 0) is 17.7 Å². The summed E-state index contributed by atoms with van der Waals surface area (Å²) in [7, 11) is 1.79. The topological polar surface area (TPSA) is 67.8 Å². The van der Waals surface area contributed by atoms with Crippen molar-refractivity contribution < 1.29 is 9.47 Å². The second kappa shape index (κ2) is 12.4. The van der Waals surface area contributed by atoms with Crippen LogP contribution in [-0.4, -0.2) is 44.4 Å². The average Bonchev–Trinajstić information content (AvgIpc) is 3.11. The lowest BCUT2D eigenvalue weighted by Gasteiger charge is -2.15. The molecule has 0 fully saturated rings. The number of nitrogens with zero attached hydrogens (tertiary/aromatic N) is 2. The van der Waals surface area contributed by atoms with E-state index in [-0.39, 0.29) is 0 Å². The molecule has 6 nitrogen and oxygen atoms in total. The molecule has 2 N–H and O–H groups in total. The van der Waals surface area contributed by atoms with Crippen molar-refractivity contribution in [1.29, 1.82) is 0 Å². The number of hydrogen-bond donors (Lipinski definition) is 2. The maximum absolute atomic E-state index is 5.90. The number of nitrogens with one attached hydrogen (secondary N) is 2. The Kier molecular flexibility index (Phi) is 9.79. The average molecular weight is 405 g/mol. The van der Waals surface area contributed by atoms with E-state index in [0.717, 1.165) is 42.4 Å². The smallest absolute Gasteiger partial charge is 0.191 e. The van der Waals surface area contributed by atoms with Crippen LogP contribution in [0, 0.1) is 13.8 Å². The third-order valence-electron chi connectivity index (χ3n) is 4.11. The van der Waals surface area contributed by atoms with Crippen LogP contribution < -0.4 is 15.4 Å².